The van der Waals surface area contributed by atoms with E-state index in [0.717, 1.165) is 30.6 Å². The second-order valence-electron chi connectivity index (χ2n) is 2.71. The fourth-order valence-electron chi connectivity index (χ4n) is 0.950. The molecule has 0 aliphatic heterocycles. The first-order valence-corrected chi connectivity index (χ1v) is 6.77. The van der Waals surface area contributed by atoms with Crippen molar-refractivity contribution < 1.29 is 27.0 Å². The molecule has 0 saturated heterocycles. The zero-order valence-corrected chi connectivity index (χ0v) is 11.0. The van der Waals surface area contributed by atoms with Gasteiger partial charge in [0.1, 0.15) is 0 Å². The van der Waals surface area contributed by atoms with Gasteiger partial charge in [-0.2, -0.15) is 13.2 Å². The molecule has 0 aliphatic rings. The van der Waals surface area contributed by atoms with Crippen LogP contribution in [0.4, 0.5) is 13.2 Å². The maximum absolute atomic E-state index is 11.9. The highest BCUT2D eigenvalue weighted by Gasteiger charge is 2.36. The quantitative estimate of drug-likeness (QED) is 0.334. The third kappa shape index (κ3) is 9.17. The van der Waals surface area contributed by atoms with Crippen LogP contribution < -0.4 is 5.11 Å². The van der Waals surface area contributed by atoms with E-state index in [0.29, 0.717) is 3.89 Å². The lowest BCUT2D eigenvalue weighted by Crippen LogP contribution is -2.39. The molecule has 0 fully saturated rings. The van der Waals surface area contributed by atoms with Gasteiger partial charge in [0.25, 0.3) is 0 Å². The number of halogens is 3. The van der Waals surface area contributed by atoms with Gasteiger partial charge in [0.15, 0.2) is 11.0 Å². The number of nitrogens with zero attached hydrogens (tertiary/aromatic N) is 1. The van der Waals surface area contributed by atoms with E-state index in [1.165, 1.54) is 0 Å². The zero-order chi connectivity index (χ0) is 13.2. The van der Waals surface area contributed by atoms with Gasteiger partial charge < -0.3 is 9.90 Å². The van der Waals surface area contributed by atoms with Gasteiger partial charge in [0.2, 0.25) is 0 Å². The lowest BCUT2D eigenvalue weighted by atomic mass is 10.5. The van der Waals surface area contributed by atoms with Gasteiger partial charge in [0, 0.05) is 6.47 Å². The third-order valence-electron chi connectivity index (χ3n) is 2.02. The summed E-state index contributed by atoms with van der Waals surface area (Å²) < 4.78 is 36.2. The van der Waals surface area contributed by atoms with Crippen molar-refractivity contribution in [1.82, 2.24) is 0 Å². The van der Waals surface area contributed by atoms with Gasteiger partial charge in [-0.3, -0.25) is 3.89 Å². The molecule has 0 rings (SSSR count). The van der Waals surface area contributed by atoms with Crippen LogP contribution in [0.1, 0.15) is 20.8 Å². The summed E-state index contributed by atoms with van der Waals surface area (Å²) >= 11 is 0. The second kappa shape index (κ2) is 9.00. The Morgan fingerprint density at radius 3 is 1.69 bits per heavy atom. The summed E-state index contributed by atoms with van der Waals surface area (Å²) in [5, 5.41) is 8.25. The van der Waals surface area contributed by atoms with Gasteiger partial charge in [0.05, 0.1) is 30.4 Å². The molecule has 16 heavy (non-hydrogen) atoms. The SMILES string of the molecule is CC[N+](CC)(CC)SSC(F)(F)F.O=C[O-]. The average Bonchev–Trinajstić information content (AvgIpc) is 2.21. The molecule has 0 aromatic rings. The highest BCUT2D eigenvalue weighted by atomic mass is 33.1. The average molecular weight is 279 g/mol. The Hall–Kier alpha value is -0.0800. The first-order chi connectivity index (χ1) is 7.30. The van der Waals surface area contributed by atoms with Crippen molar-refractivity contribution in [3.8, 4) is 0 Å². The predicted octanol–water partition coefficient (Wildman–Crippen LogP) is 2.05. The summed E-state index contributed by atoms with van der Waals surface area (Å²) in [6, 6.07) is 0. The van der Waals surface area contributed by atoms with E-state index in [2.05, 4.69) is 0 Å². The molecule has 0 amide bonds. The van der Waals surface area contributed by atoms with Crippen molar-refractivity contribution in [2.24, 2.45) is 0 Å². The Bertz CT molecular complexity index is 178. The molecule has 0 aromatic carbocycles. The summed E-state index contributed by atoms with van der Waals surface area (Å²) in [5.74, 6) is 0. The number of carboxylic acid groups (broad SMARTS) is 1. The lowest BCUT2D eigenvalue weighted by molar-refractivity contribution is -0.787. The van der Waals surface area contributed by atoms with Crippen molar-refractivity contribution in [1.29, 1.82) is 0 Å². The number of hydrogen-bond donors (Lipinski definition) is 0. The van der Waals surface area contributed by atoms with Gasteiger partial charge in [-0.15, -0.1) is 0 Å². The van der Waals surface area contributed by atoms with Gasteiger partial charge in [-0.1, -0.05) is 0 Å². The highest BCUT2D eigenvalue weighted by molar-refractivity contribution is 8.74. The number of rotatable bonds is 5. The number of hydrogen-bond acceptors (Lipinski definition) is 4. The normalized spacial score (nSPS) is 11.6. The van der Waals surface area contributed by atoms with E-state index < -0.39 is 12.0 Å². The van der Waals surface area contributed by atoms with Crippen molar-refractivity contribution >= 4 is 28.2 Å². The van der Waals surface area contributed by atoms with E-state index in [4.69, 9.17) is 9.90 Å². The van der Waals surface area contributed by atoms with Crippen LogP contribution in [0.3, 0.4) is 0 Å². The first kappa shape index (κ1) is 18.3. The van der Waals surface area contributed by atoms with Crippen LogP contribution in [-0.2, 0) is 4.79 Å². The Kier molecular flexibility index (Phi) is 10.3. The molecule has 0 aliphatic carbocycles. The molecule has 0 radical (unpaired) electrons. The molecule has 0 N–H and O–H groups in total. The molecule has 0 bridgehead atoms. The van der Waals surface area contributed by atoms with E-state index >= 15 is 0 Å². The van der Waals surface area contributed by atoms with Gasteiger partial charge in [-0.25, -0.2) is 0 Å². The number of carbonyl (C=O) groups excluding carboxylic acids is 1. The molecule has 98 valence electrons. The fraction of sp³-hybridized carbons (Fsp3) is 0.875. The molecule has 0 spiro atoms. The summed E-state index contributed by atoms with van der Waals surface area (Å²) in [6.07, 6.45) is 0. The molecule has 0 unspecified atom stereocenters. The van der Waals surface area contributed by atoms with Crippen LogP contribution >= 0.6 is 21.8 Å². The summed E-state index contributed by atoms with van der Waals surface area (Å²) in [5.41, 5.74) is -4.13. The Labute approximate surface area is 102 Å². The standard InChI is InChI=1S/C7H15F3NS2.CH2O2/c1-4-11(5-2,6-3)13-12-7(8,9)10;2-1-3/h4-6H2,1-3H3;1H,(H,2,3)/q+1;/p-1. The van der Waals surface area contributed by atoms with E-state index in [1.807, 2.05) is 20.8 Å². The topological polar surface area (TPSA) is 40.1 Å². The molecular formula is C8H16F3NO2S2. The Morgan fingerprint density at radius 2 is 1.50 bits per heavy atom. The number of quaternary nitrogens is 1. The van der Waals surface area contributed by atoms with Crippen LogP contribution in [0.15, 0.2) is 0 Å². The first-order valence-electron chi connectivity index (χ1n) is 4.66. The maximum atomic E-state index is 11.9. The van der Waals surface area contributed by atoms with E-state index in [-0.39, 0.29) is 10.8 Å². The molecule has 0 saturated carbocycles. The molecule has 0 heterocycles. The van der Waals surface area contributed by atoms with Gasteiger partial charge >= 0.3 is 5.51 Å². The van der Waals surface area contributed by atoms with E-state index in [1.54, 1.807) is 0 Å². The maximum Gasteiger partial charge on any atom is 0.457 e. The van der Waals surface area contributed by atoms with Crippen LogP contribution in [0.25, 0.3) is 0 Å². The Morgan fingerprint density at radius 1 is 1.19 bits per heavy atom. The van der Waals surface area contributed by atoms with Crippen LogP contribution in [0.5, 0.6) is 0 Å². The summed E-state index contributed by atoms with van der Waals surface area (Å²) in [6.45, 7) is 7.41. The van der Waals surface area contributed by atoms with Crippen molar-refractivity contribution in [3.05, 3.63) is 0 Å². The lowest BCUT2D eigenvalue weighted by Gasteiger charge is -2.31. The van der Waals surface area contributed by atoms with E-state index in [9.17, 15) is 13.2 Å². The monoisotopic (exact) mass is 279 g/mol. The molecule has 3 nitrogen and oxygen atoms in total. The van der Waals surface area contributed by atoms with Crippen molar-refractivity contribution in [3.63, 3.8) is 0 Å². The zero-order valence-electron chi connectivity index (χ0n) is 9.41. The second-order valence-corrected chi connectivity index (χ2v) is 5.21. The minimum absolute atomic E-state index is 0.00315. The molecule has 0 aromatic heterocycles. The van der Waals surface area contributed by atoms with Crippen LogP contribution in [-0.4, -0.2) is 35.5 Å². The fourth-order valence-corrected chi connectivity index (χ4v) is 3.19. The minimum Gasteiger partial charge on any atom is -0.554 e. The number of carbonyl (C=O) groups is 1. The number of alkyl halides is 3. The highest BCUT2D eigenvalue weighted by Crippen LogP contribution is 2.44. The molecule has 0 atom stereocenters. The van der Waals surface area contributed by atoms with Crippen molar-refractivity contribution in [2.45, 2.75) is 26.3 Å². The predicted molar refractivity (Wildman–Crippen MR) is 59.2 cm³/mol. The van der Waals surface area contributed by atoms with Crippen LogP contribution in [0.2, 0.25) is 0 Å². The summed E-state index contributed by atoms with van der Waals surface area (Å²) in [7, 11) is 0.908. The summed E-state index contributed by atoms with van der Waals surface area (Å²) in [4.78, 5) is 8.25. The van der Waals surface area contributed by atoms with Crippen LogP contribution in [0, 0.1) is 0 Å². The third-order valence-corrected chi connectivity index (χ3v) is 5.11. The molecule has 8 heteroatoms. The minimum atomic E-state index is -4.13. The largest absolute Gasteiger partial charge is 0.554 e. The van der Waals surface area contributed by atoms with Gasteiger partial charge in [-0.05, 0) is 20.8 Å². The molecular weight excluding hydrogens is 263 g/mol. The van der Waals surface area contributed by atoms with Crippen molar-refractivity contribution in [2.75, 3.05) is 19.6 Å². The smallest absolute Gasteiger partial charge is 0.457 e. The Balaban J connectivity index is 0.